The largest absolute Gasteiger partial charge is 0.450 e. The van der Waals surface area contributed by atoms with Gasteiger partial charge in [-0.25, -0.2) is 14.8 Å². The van der Waals surface area contributed by atoms with Gasteiger partial charge in [0.25, 0.3) is 5.91 Å². The second kappa shape index (κ2) is 9.36. The van der Waals surface area contributed by atoms with Crippen LogP contribution in [-0.4, -0.2) is 52.6 Å². The van der Waals surface area contributed by atoms with Gasteiger partial charge >= 0.3 is 6.09 Å². The summed E-state index contributed by atoms with van der Waals surface area (Å²) in [5.74, 6) is 0.230. The number of hydrogen-bond donors (Lipinski definition) is 2. The van der Waals surface area contributed by atoms with Gasteiger partial charge in [-0.05, 0) is 45.2 Å². The number of aryl methyl sites for hydroxylation is 2. The molecule has 2 N–H and O–H groups in total. The quantitative estimate of drug-likeness (QED) is 0.803. The van der Waals surface area contributed by atoms with E-state index in [0.29, 0.717) is 31.2 Å². The summed E-state index contributed by atoms with van der Waals surface area (Å²) in [4.78, 5) is 34.4. The molecule has 1 aromatic heterocycles. The van der Waals surface area contributed by atoms with E-state index in [1.165, 1.54) is 12.4 Å². The number of carbonyl (C=O) groups excluding carboxylic acids is 2. The predicted octanol–water partition coefficient (Wildman–Crippen LogP) is 3.38. The molecule has 0 unspecified atom stereocenters. The molecular weight excluding hydrogens is 370 g/mol. The molecule has 0 bridgehead atoms. The van der Waals surface area contributed by atoms with Crippen LogP contribution in [0.3, 0.4) is 0 Å². The van der Waals surface area contributed by atoms with Crippen molar-refractivity contribution in [2.75, 3.05) is 30.3 Å². The summed E-state index contributed by atoms with van der Waals surface area (Å²) in [6.45, 7) is 7.42. The molecule has 29 heavy (non-hydrogen) atoms. The molecule has 154 valence electrons. The van der Waals surface area contributed by atoms with Gasteiger partial charge in [0.15, 0.2) is 0 Å². The second-order valence-corrected chi connectivity index (χ2v) is 7.17. The molecule has 2 heterocycles. The van der Waals surface area contributed by atoms with Crippen LogP contribution in [0.1, 0.15) is 41.3 Å². The molecule has 3 rings (SSSR count). The van der Waals surface area contributed by atoms with Gasteiger partial charge < -0.3 is 20.3 Å². The van der Waals surface area contributed by atoms with Crippen LogP contribution < -0.4 is 10.6 Å². The average Bonchev–Trinajstić information content (AvgIpc) is 2.71. The van der Waals surface area contributed by atoms with E-state index in [0.717, 1.165) is 29.7 Å². The highest BCUT2D eigenvalue weighted by Crippen LogP contribution is 2.18. The summed E-state index contributed by atoms with van der Waals surface area (Å²) in [6.07, 6.45) is 4.35. The predicted molar refractivity (Wildman–Crippen MR) is 111 cm³/mol. The van der Waals surface area contributed by atoms with Gasteiger partial charge in [0.05, 0.1) is 12.2 Å². The maximum absolute atomic E-state index is 12.4. The summed E-state index contributed by atoms with van der Waals surface area (Å²) >= 11 is 0. The summed E-state index contributed by atoms with van der Waals surface area (Å²) in [6, 6.07) is 6.05. The second-order valence-electron chi connectivity index (χ2n) is 7.17. The summed E-state index contributed by atoms with van der Waals surface area (Å²) in [5.41, 5.74) is 3.32. The molecule has 2 aromatic rings. The highest BCUT2D eigenvalue weighted by atomic mass is 16.6. The Bertz CT molecular complexity index is 861. The minimum absolute atomic E-state index is 0.176. The SMILES string of the molecule is CCOC(=O)N1CCC(Nc2ncc(C(=O)Nc3ccc(C)cc3C)cn2)CC1. The van der Waals surface area contributed by atoms with E-state index in [1.54, 1.807) is 11.8 Å². The van der Waals surface area contributed by atoms with Crippen LogP contribution in [0.5, 0.6) is 0 Å². The first kappa shape index (κ1) is 20.6. The molecule has 1 aliphatic heterocycles. The molecule has 0 saturated carbocycles. The molecular formula is C21H27N5O3. The topological polar surface area (TPSA) is 96.5 Å². The third-order valence-electron chi connectivity index (χ3n) is 4.90. The molecule has 8 heteroatoms. The number of ether oxygens (including phenoxy) is 1. The molecule has 1 aliphatic rings. The molecule has 1 aromatic carbocycles. The van der Waals surface area contributed by atoms with Crippen LogP contribution in [0.15, 0.2) is 30.6 Å². The van der Waals surface area contributed by atoms with E-state index in [-0.39, 0.29) is 18.0 Å². The fourth-order valence-electron chi connectivity index (χ4n) is 3.27. The van der Waals surface area contributed by atoms with Gasteiger partial charge in [-0.2, -0.15) is 0 Å². The first-order valence-electron chi connectivity index (χ1n) is 9.85. The number of likely N-dealkylation sites (tertiary alicyclic amines) is 1. The maximum Gasteiger partial charge on any atom is 0.409 e. The van der Waals surface area contributed by atoms with Crippen LogP contribution in [0.25, 0.3) is 0 Å². The van der Waals surface area contributed by atoms with Crippen molar-refractivity contribution in [3.63, 3.8) is 0 Å². The Hall–Kier alpha value is -3.16. The van der Waals surface area contributed by atoms with Gasteiger partial charge in [0, 0.05) is 37.2 Å². The van der Waals surface area contributed by atoms with Crippen molar-refractivity contribution < 1.29 is 14.3 Å². The number of benzene rings is 1. The number of hydrogen-bond acceptors (Lipinski definition) is 6. The fraction of sp³-hybridized carbons (Fsp3) is 0.429. The van der Waals surface area contributed by atoms with Gasteiger partial charge in [0.1, 0.15) is 0 Å². The van der Waals surface area contributed by atoms with Crippen LogP contribution in [0, 0.1) is 13.8 Å². The molecule has 0 spiro atoms. The van der Waals surface area contributed by atoms with Crippen molar-refractivity contribution in [3.8, 4) is 0 Å². The third kappa shape index (κ3) is 5.43. The van der Waals surface area contributed by atoms with E-state index in [1.807, 2.05) is 32.0 Å². The van der Waals surface area contributed by atoms with Crippen molar-refractivity contribution in [1.29, 1.82) is 0 Å². The minimum atomic E-state index is -0.263. The van der Waals surface area contributed by atoms with E-state index >= 15 is 0 Å². The molecule has 0 aliphatic carbocycles. The van der Waals surface area contributed by atoms with Crippen LogP contribution in [0.4, 0.5) is 16.4 Å². The van der Waals surface area contributed by atoms with Gasteiger partial charge in [-0.3, -0.25) is 4.79 Å². The normalized spacial score (nSPS) is 14.4. The van der Waals surface area contributed by atoms with E-state index < -0.39 is 0 Å². The molecule has 2 amide bonds. The Labute approximate surface area is 170 Å². The van der Waals surface area contributed by atoms with Crippen LogP contribution in [0.2, 0.25) is 0 Å². The van der Waals surface area contributed by atoms with Crippen LogP contribution >= 0.6 is 0 Å². The lowest BCUT2D eigenvalue weighted by atomic mass is 10.1. The zero-order valence-corrected chi connectivity index (χ0v) is 17.1. The number of rotatable bonds is 5. The number of anilines is 2. The Morgan fingerprint density at radius 2 is 1.86 bits per heavy atom. The first-order valence-corrected chi connectivity index (χ1v) is 9.85. The zero-order chi connectivity index (χ0) is 20.8. The summed E-state index contributed by atoms with van der Waals surface area (Å²) in [7, 11) is 0. The fourth-order valence-corrected chi connectivity index (χ4v) is 3.27. The Morgan fingerprint density at radius 3 is 2.48 bits per heavy atom. The van der Waals surface area contributed by atoms with Crippen molar-refractivity contribution in [2.24, 2.45) is 0 Å². The highest BCUT2D eigenvalue weighted by molar-refractivity contribution is 6.04. The average molecular weight is 397 g/mol. The zero-order valence-electron chi connectivity index (χ0n) is 17.1. The molecule has 0 radical (unpaired) electrons. The number of nitrogens with zero attached hydrogens (tertiary/aromatic N) is 3. The molecule has 1 saturated heterocycles. The Kier molecular flexibility index (Phi) is 6.64. The minimum Gasteiger partial charge on any atom is -0.450 e. The van der Waals surface area contributed by atoms with E-state index in [2.05, 4.69) is 20.6 Å². The lowest BCUT2D eigenvalue weighted by Crippen LogP contribution is -2.42. The lowest BCUT2D eigenvalue weighted by molar-refractivity contribution is 0.0982. The number of nitrogens with one attached hydrogen (secondary N) is 2. The Morgan fingerprint density at radius 1 is 1.17 bits per heavy atom. The monoisotopic (exact) mass is 397 g/mol. The van der Waals surface area contributed by atoms with Gasteiger partial charge in [0.2, 0.25) is 5.95 Å². The third-order valence-corrected chi connectivity index (χ3v) is 4.90. The summed E-state index contributed by atoms with van der Waals surface area (Å²) in [5, 5.41) is 6.16. The Balaban J connectivity index is 1.52. The molecule has 0 atom stereocenters. The van der Waals surface area contributed by atoms with Gasteiger partial charge in [-0.15, -0.1) is 0 Å². The highest BCUT2D eigenvalue weighted by Gasteiger charge is 2.24. The van der Waals surface area contributed by atoms with Crippen molar-refractivity contribution >= 4 is 23.6 Å². The van der Waals surface area contributed by atoms with E-state index in [9.17, 15) is 9.59 Å². The van der Waals surface area contributed by atoms with Gasteiger partial charge in [-0.1, -0.05) is 17.7 Å². The lowest BCUT2D eigenvalue weighted by Gasteiger charge is -2.31. The number of piperidine rings is 1. The van der Waals surface area contributed by atoms with Crippen molar-refractivity contribution in [1.82, 2.24) is 14.9 Å². The summed E-state index contributed by atoms with van der Waals surface area (Å²) < 4.78 is 5.03. The van der Waals surface area contributed by atoms with Crippen molar-refractivity contribution in [3.05, 3.63) is 47.3 Å². The number of aromatic nitrogens is 2. The maximum atomic E-state index is 12.4. The smallest absolute Gasteiger partial charge is 0.409 e. The van der Waals surface area contributed by atoms with Crippen molar-refractivity contribution in [2.45, 2.75) is 39.7 Å². The molecule has 1 fully saturated rings. The van der Waals surface area contributed by atoms with Crippen LogP contribution in [-0.2, 0) is 4.74 Å². The number of amides is 2. The standard InChI is InChI=1S/C21H27N5O3/c1-4-29-21(28)26-9-7-17(8-10-26)24-20-22-12-16(13-23-20)19(27)25-18-6-5-14(2)11-15(18)3/h5-6,11-13,17H,4,7-10H2,1-3H3,(H,25,27)(H,22,23,24). The molecule has 8 nitrogen and oxygen atoms in total. The number of carbonyl (C=O) groups is 2. The van der Waals surface area contributed by atoms with E-state index in [4.69, 9.17) is 4.74 Å². The first-order chi connectivity index (χ1) is 14.0.